The average Bonchev–Trinajstić information content (AvgIpc) is 2.51. The molecule has 1 aliphatic heterocycles. The third-order valence-electron chi connectivity index (χ3n) is 3.97. The number of hydrogen-bond donors (Lipinski definition) is 2. The number of aromatic hydroxyl groups is 1. The van der Waals surface area contributed by atoms with Gasteiger partial charge < -0.3 is 20.1 Å². The Bertz CT molecular complexity index is 461. The van der Waals surface area contributed by atoms with Gasteiger partial charge in [-0.05, 0) is 46.2 Å². The van der Waals surface area contributed by atoms with Crippen molar-refractivity contribution in [3.63, 3.8) is 0 Å². The summed E-state index contributed by atoms with van der Waals surface area (Å²) in [5.74, 6) is 0.137. The molecule has 0 aromatic carbocycles. The first-order valence-electron chi connectivity index (χ1n) is 6.50. The minimum Gasteiger partial charge on any atom is -0.506 e. The summed E-state index contributed by atoms with van der Waals surface area (Å²) in [6.07, 6.45) is 3.65. The van der Waals surface area contributed by atoms with Gasteiger partial charge in [-0.25, -0.2) is 0 Å². The summed E-state index contributed by atoms with van der Waals surface area (Å²) in [5.41, 5.74) is 6.26. The lowest BCUT2D eigenvalue weighted by atomic mass is 9.76. The van der Waals surface area contributed by atoms with Crippen molar-refractivity contribution in [3.8, 4) is 5.75 Å². The fourth-order valence-corrected chi connectivity index (χ4v) is 2.08. The third kappa shape index (κ3) is 2.48. The molecule has 19 heavy (non-hydrogen) atoms. The van der Waals surface area contributed by atoms with Crippen LogP contribution in [0.1, 0.15) is 33.3 Å². The van der Waals surface area contributed by atoms with Crippen LogP contribution in [0.3, 0.4) is 0 Å². The van der Waals surface area contributed by atoms with E-state index in [-0.39, 0.29) is 5.75 Å². The number of aromatic nitrogens is 1. The number of nitrogens with zero attached hydrogens (tertiary/aromatic N) is 1. The summed E-state index contributed by atoms with van der Waals surface area (Å²) >= 11 is 0. The van der Waals surface area contributed by atoms with Crippen LogP contribution in [0, 0.1) is 0 Å². The topological polar surface area (TPSA) is 77.6 Å². The van der Waals surface area contributed by atoms with E-state index in [4.69, 9.17) is 15.0 Å². The van der Waals surface area contributed by atoms with E-state index in [1.54, 1.807) is 6.20 Å². The molecule has 5 nitrogen and oxygen atoms in total. The molecule has 0 saturated carbocycles. The SMILES string of the molecule is CC1(C)OB(c2cncc(O)c2CCN)OC1(C)C. The minimum absolute atomic E-state index is 0.137. The van der Waals surface area contributed by atoms with E-state index in [1.807, 2.05) is 27.7 Å². The van der Waals surface area contributed by atoms with Crippen LogP contribution in [0.4, 0.5) is 0 Å². The van der Waals surface area contributed by atoms with Crippen molar-refractivity contribution in [2.24, 2.45) is 5.73 Å². The van der Waals surface area contributed by atoms with Crippen molar-refractivity contribution < 1.29 is 14.4 Å². The average molecular weight is 264 g/mol. The van der Waals surface area contributed by atoms with E-state index >= 15 is 0 Å². The van der Waals surface area contributed by atoms with Crippen molar-refractivity contribution >= 4 is 12.6 Å². The smallest absolute Gasteiger partial charge is 0.496 e. The Morgan fingerprint density at radius 2 is 1.79 bits per heavy atom. The summed E-state index contributed by atoms with van der Waals surface area (Å²) in [6, 6.07) is 0. The third-order valence-corrected chi connectivity index (χ3v) is 3.97. The quantitative estimate of drug-likeness (QED) is 0.781. The van der Waals surface area contributed by atoms with Crippen LogP contribution in [-0.2, 0) is 15.7 Å². The number of hydrogen-bond acceptors (Lipinski definition) is 5. The predicted octanol–water partition coefficient (Wildman–Crippen LogP) is 0.588. The number of rotatable bonds is 3. The van der Waals surface area contributed by atoms with E-state index in [9.17, 15) is 5.11 Å². The van der Waals surface area contributed by atoms with Gasteiger partial charge in [0.1, 0.15) is 5.75 Å². The van der Waals surface area contributed by atoms with Crippen LogP contribution in [0.5, 0.6) is 5.75 Å². The van der Waals surface area contributed by atoms with Gasteiger partial charge in [-0.15, -0.1) is 0 Å². The minimum atomic E-state index is -0.522. The summed E-state index contributed by atoms with van der Waals surface area (Å²) < 4.78 is 12.0. The van der Waals surface area contributed by atoms with Gasteiger partial charge in [0.15, 0.2) is 0 Å². The monoisotopic (exact) mass is 264 g/mol. The molecular formula is C13H21BN2O3. The highest BCUT2D eigenvalue weighted by Crippen LogP contribution is 2.37. The van der Waals surface area contributed by atoms with Gasteiger partial charge in [0.05, 0.1) is 17.4 Å². The predicted molar refractivity (Wildman–Crippen MR) is 74.4 cm³/mol. The molecule has 1 aromatic heterocycles. The van der Waals surface area contributed by atoms with E-state index in [0.717, 1.165) is 11.0 Å². The van der Waals surface area contributed by atoms with Crippen LogP contribution in [0.2, 0.25) is 0 Å². The Morgan fingerprint density at radius 3 is 2.32 bits per heavy atom. The Balaban J connectivity index is 2.37. The van der Waals surface area contributed by atoms with Crippen molar-refractivity contribution in [3.05, 3.63) is 18.0 Å². The summed E-state index contributed by atoms with van der Waals surface area (Å²) in [4.78, 5) is 4.02. The molecule has 2 rings (SSSR count). The summed E-state index contributed by atoms with van der Waals surface area (Å²) in [6.45, 7) is 8.42. The first-order valence-corrected chi connectivity index (χ1v) is 6.50. The Labute approximate surface area is 114 Å². The molecule has 6 heteroatoms. The van der Waals surface area contributed by atoms with Gasteiger partial charge in [-0.2, -0.15) is 0 Å². The molecule has 1 aromatic rings. The van der Waals surface area contributed by atoms with E-state index in [2.05, 4.69) is 4.98 Å². The highest BCUT2D eigenvalue weighted by Gasteiger charge is 2.52. The maximum Gasteiger partial charge on any atom is 0.496 e. The molecule has 0 bridgehead atoms. The van der Waals surface area contributed by atoms with Crippen LogP contribution in [-0.4, -0.2) is 35.0 Å². The number of pyridine rings is 1. The highest BCUT2D eigenvalue weighted by molar-refractivity contribution is 6.62. The van der Waals surface area contributed by atoms with Crippen LogP contribution in [0.25, 0.3) is 0 Å². The van der Waals surface area contributed by atoms with E-state index < -0.39 is 18.3 Å². The molecular weight excluding hydrogens is 243 g/mol. The molecule has 0 amide bonds. The van der Waals surface area contributed by atoms with E-state index in [1.165, 1.54) is 6.20 Å². The lowest BCUT2D eigenvalue weighted by molar-refractivity contribution is 0.00578. The second kappa shape index (κ2) is 4.78. The number of nitrogens with two attached hydrogens (primary N) is 1. The zero-order chi connectivity index (χ0) is 14.3. The molecule has 1 saturated heterocycles. The summed E-state index contributed by atoms with van der Waals surface area (Å²) in [5, 5.41) is 9.91. The van der Waals surface area contributed by atoms with Crippen LogP contribution < -0.4 is 11.2 Å². The standard InChI is InChI=1S/C13H21BN2O3/c1-12(2)13(3,4)19-14(18-12)10-7-16-8-11(17)9(10)5-6-15/h7-8,17H,5-6,15H2,1-4H3. The second-order valence-electron chi connectivity index (χ2n) is 5.85. The molecule has 1 aliphatic rings. The molecule has 0 aliphatic carbocycles. The highest BCUT2D eigenvalue weighted by atomic mass is 16.7. The largest absolute Gasteiger partial charge is 0.506 e. The maximum atomic E-state index is 9.91. The first-order chi connectivity index (χ1) is 8.78. The zero-order valence-electron chi connectivity index (χ0n) is 11.9. The van der Waals surface area contributed by atoms with Crippen molar-refractivity contribution in [1.29, 1.82) is 0 Å². The van der Waals surface area contributed by atoms with Crippen molar-refractivity contribution in [1.82, 2.24) is 4.98 Å². The Kier molecular flexibility index (Phi) is 3.60. The van der Waals surface area contributed by atoms with Gasteiger partial charge in [0.25, 0.3) is 0 Å². The normalized spacial score (nSPS) is 20.8. The molecule has 0 unspecified atom stereocenters. The van der Waals surface area contributed by atoms with Gasteiger partial charge in [-0.3, -0.25) is 4.98 Å². The van der Waals surface area contributed by atoms with Crippen LogP contribution >= 0.6 is 0 Å². The Hall–Kier alpha value is -1.11. The Morgan fingerprint density at radius 1 is 1.21 bits per heavy atom. The lowest BCUT2D eigenvalue weighted by Crippen LogP contribution is -2.41. The fourth-order valence-electron chi connectivity index (χ4n) is 2.08. The molecule has 1 fully saturated rings. The van der Waals surface area contributed by atoms with Gasteiger partial charge in [0, 0.05) is 11.7 Å². The van der Waals surface area contributed by atoms with Gasteiger partial charge >= 0.3 is 7.12 Å². The molecule has 104 valence electrons. The maximum absolute atomic E-state index is 9.91. The van der Waals surface area contributed by atoms with Crippen molar-refractivity contribution in [2.45, 2.75) is 45.3 Å². The lowest BCUT2D eigenvalue weighted by Gasteiger charge is -2.32. The molecule has 3 N–H and O–H groups in total. The van der Waals surface area contributed by atoms with E-state index in [0.29, 0.717) is 13.0 Å². The van der Waals surface area contributed by atoms with Gasteiger partial charge in [0.2, 0.25) is 0 Å². The van der Waals surface area contributed by atoms with Gasteiger partial charge in [-0.1, -0.05) is 0 Å². The first kappa shape index (κ1) is 14.3. The van der Waals surface area contributed by atoms with Crippen molar-refractivity contribution in [2.75, 3.05) is 6.54 Å². The molecule has 0 atom stereocenters. The second-order valence-corrected chi connectivity index (χ2v) is 5.85. The molecule has 0 radical (unpaired) electrons. The fraction of sp³-hybridized carbons (Fsp3) is 0.615. The summed E-state index contributed by atoms with van der Waals surface area (Å²) in [7, 11) is -0.522. The van der Waals surface area contributed by atoms with Crippen LogP contribution in [0.15, 0.2) is 12.4 Å². The molecule has 0 spiro atoms. The molecule has 2 heterocycles. The zero-order valence-corrected chi connectivity index (χ0v) is 11.9.